The zero-order valence-corrected chi connectivity index (χ0v) is 15.4. The van der Waals surface area contributed by atoms with Gasteiger partial charge in [-0.3, -0.25) is 4.90 Å². The van der Waals surface area contributed by atoms with Crippen molar-refractivity contribution in [3.05, 3.63) is 34.6 Å². The van der Waals surface area contributed by atoms with E-state index in [0.29, 0.717) is 23.3 Å². The van der Waals surface area contributed by atoms with Gasteiger partial charge in [0, 0.05) is 36.9 Å². The van der Waals surface area contributed by atoms with Gasteiger partial charge in [-0.25, -0.2) is 0 Å². The average molecular weight is 362 g/mol. The molecule has 1 aromatic heterocycles. The average Bonchev–Trinajstić information content (AvgIpc) is 2.59. The molecule has 0 amide bonds. The van der Waals surface area contributed by atoms with E-state index >= 15 is 0 Å². The van der Waals surface area contributed by atoms with Gasteiger partial charge in [-0.15, -0.1) is 0 Å². The maximum atomic E-state index is 6.17. The summed E-state index contributed by atoms with van der Waals surface area (Å²) in [5.41, 5.74) is 7.68. The van der Waals surface area contributed by atoms with Gasteiger partial charge >= 0.3 is 0 Å². The number of aromatic nitrogens is 3. The van der Waals surface area contributed by atoms with E-state index in [-0.39, 0.29) is 5.95 Å². The third-order valence-electron chi connectivity index (χ3n) is 4.49. The van der Waals surface area contributed by atoms with Crippen LogP contribution in [0.25, 0.3) is 0 Å². The van der Waals surface area contributed by atoms with Gasteiger partial charge in [0.25, 0.3) is 0 Å². The van der Waals surface area contributed by atoms with Crippen molar-refractivity contribution in [2.75, 3.05) is 43.8 Å². The van der Waals surface area contributed by atoms with E-state index in [9.17, 15) is 0 Å². The zero-order chi connectivity index (χ0) is 17.8. The Bertz CT molecular complexity index is 729. The fourth-order valence-corrected chi connectivity index (χ4v) is 3.07. The minimum absolute atomic E-state index is 0.222. The number of benzene rings is 1. The lowest BCUT2D eigenvalue weighted by Gasteiger charge is -2.33. The minimum Gasteiger partial charge on any atom is -0.368 e. The van der Waals surface area contributed by atoms with Crippen molar-refractivity contribution in [2.24, 2.45) is 0 Å². The van der Waals surface area contributed by atoms with Crippen LogP contribution in [0.5, 0.6) is 0 Å². The molecule has 1 aliphatic heterocycles. The highest BCUT2D eigenvalue weighted by atomic mass is 35.5. The highest BCUT2D eigenvalue weighted by molar-refractivity contribution is 6.31. The van der Waals surface area contributed by atoms with E-state index in [2.05, 4.69) is 37.0 Å². The lowest BCUT2D eigenvalue weighted by atomic mass is 10.2. The van der Waals surface area contributed by atoms with Crippen molar-refractivity contribution >= 4 is 29.2 Å². The molecule has 134 valence electrons. The summed E-state index contributed by atoms with van der Waals surface area (Å²) >= 11 is 6.17. The molecule has 2 heterocycles. The van der Waals surface area contributed by atoms with Gasteiger partial charge in [-0.2, -0.15) is 15.0 Å². The zero-order valence-electron chi connectivity index (χ0n) is 14.7. The van der Waals surface area contributed by atoms with Crippen molar-refractivity contribution in [2.45, 2.75) is 20.4 Å². The molecule has 0 unspecified atom stereocenters. The number of nitrogen functional groups attached to an aromatic ring is 1. The third kappa shape index (κ3) is 4.56. The van der Waals surface area contributed by atoms with Crippen LogP contribution in [0, 0.1) is 6.92 Å². The fourth-order valence-electron chi connectivity index (χ4n) is 2.89. The summed E-state index contributed by atoms with van der Waals surface area (Å²) in [6, 6.07) is 5.67. The molecule has 25 heavy (non-hydrogen) atoms. The van der Waals surface area contributed by atoms with Gasteiger partial charge in [0.1, 0.15) is 5.82 Å². The second-order valence-electron chi connectivity index (χ2n) is 6.18. The molecule has 7 nitrogen and oxygen atoms in total. The second-order valence-corrected chi connectivity index (χ2v) is 6.59. The van der Waals surface area contributed by atoms with Crippen molar-refractivity contribution in [3.63, 3.8) is 0 Å². The molecule has 2 aromatic rings. The molecular weight excluding hydrogens is 338 g/mol. The molecule has 0 atom stereocenters. The molecule has 0 spiro atoms. The topological polar surface area (TPSA) is 83.2 Å². The number of likely N-dealkylation sites (N-methyl/N-ethyl adjacent to an activating group) is 1. The second kappa shape index (κ2) is 7.95. The summed E-state index contributed by atoms with van der Waals surface area (Å²) in [5.74, 6) is 1.35. The number of hydrogen-bond donors (Lipinski definition) is 2. The van der Waals surface area contributed by atoms with Crippen LogP contribution in [0.4, 0.5) is 17.6 Å². The number of nitrogens with two attached hydrogens (primary N) is 1. The van der Waals surface area contributed by atoms with E-state index < -0.39 is 0 Å². The molecule has 0 aliphatic carbocycles. The lowest BCUT2D eigenvalue weighted by molar-refractivity contribution is 0.129. The largest absolute Gasteiger partial charge is 0.368 e. The number of piperazine rings is 1. The van der Waals surface area contributed by atoms with E-state index in [1.165, 1.54) is 0 Å². The Morgan fingerprint density at radius 2 is 1.84 bits per heavy atom. The molecule has 1 aromatic carbocycles. The minimum atomic E-state index is 0.222. The first-order valence-electron chi connectivity index (χ1n) is 8.52. The van der Waals surface area contributed by atoms with Crippen LogP contribution in [0.3, 0.4) is 0 Å². The Labute approximate surface area is 153 Å². The highest BCUT2D eigenvalue weighted by Gasteiger charge is 2.17. The number of nitrogens with one attached hydrogen (secondary N) is 1. The van der Waals surface area contributed by atoms with Crippen LogP contribution in [-0.2, 0) is 6.54 Å². The molecule has 3 N–H and O–H groups in total. The van der Waals surface area contributed by atoms with E-state index in [4.69, 9.17) is 17.3 Å². The van der Waals surface area contributed by atoms with E-state index in [1.807, 2.05) is 25.1 Å². The molecule has 0 radical (unpaired) electrons. The van der Waals surface area contributed by atoms with Gasteiger partial charge in [-0.05, 0) is 31.2 Å². The Hall–Kier alpha value is -1.96. The maximum Gasteiger partial charge on any atom is 0.232 e. The predicted molar refractivity (Wildman–Crippen MR) is 101 cm³/mol. The Balaban J connectivity index is 1.71. The first kappa shape index (κ1) is 17.8. The van der Waals surface area contributed by atoms with Crippen LogP contribution < -0.4 is 11.1 Å². The maximum absolute atomic E-state index is 6.17. The summed E-state index contributed by atoms with van der Waals surface area (Å²) in [6.45, 7) is 10.1. The van der Waals surface area contributed by atoms with Gasteiger partial charge < -0.3 is 16.0 Å². The van der Waals surface area contributed by atoms with Crippen LogP contribution >= 0.6 is 11.6 Å². The summed E-state index contributed by atoms with van der Waals surface area (Å²) in [7, 11) is 0. The SMILES string of the molecule is CCN1CCN(Cc2nc(N)nc(Nc3cccc(Cl)c3C)n2)CC1. The fraction of sp³-hybridized carbons (Fsp3) is 0.471. The van der Waals surface area contributed by atoms with Crippen molar-refractivity contribution < 1.29 is 0 Å². The van der Waals surface area contributed by atoms with Crippen LogP contribution in [0.2, 0.25) is 5.02 Å². The first-order valence-corrected chi connectivity index (χ1v) is 8.90. The summed E-state index contributed by atoms with van der Waals surface area (Å²) in [6.07, 6.45) is 0. The van der Waals surface area contributed by atoms with Crippen LogP contribution in [-0.4, -0.2) is 57.5 Å². The third-order valence-corrected chi connectivity index (χ3v) is 4.90. The van der Waals surface area contributed by atoms with Crippen molar-refractivity contribution in [1.82, 2.24) is 24.8 Å². The summed E-state index contributed by atoms with van der Waals surface area (Å²) in [5, 5.41) is 3.89. The van der Waals surface area contributed by atoms with Crippen LogP contribution in [0.15, 0.2) is 18.2 Å². The van der Waals surface area contributed by atoms with Crippen LogP contribution in [0.1, 0.15) is 18.3 Å². The molecule has 1 saturated heterocycles. The van der Waals surface area contributed by atoms with Crippen molar-refractivity contribution in [3.8, 4) is 0 Å². The van der Waals surface area contributed by atoms with E-state index in [1.54, 1.807) is 0 Å². The Kier molecular flexibility index (Phi) is 5.67. The summed E-state index contributed by atoms with van der Waals surface area (Å²) in [4.78, 5) is 17.8. The molecular formula is C17H24ClN7. The van der Waals surface area contributed by atoms with E-state index in [0.717, 1.165) is 44.0 Å². The number of hydrogen-bond acceptors (Lipinski definition) is 7. The number of halogens is 1. The standard InChI is InChI=1S/C17H24ClN7/c1-3-24-7-9-25(10-8-24)11-15-21-16(19)23-17(22-15)20-14-6-4-5-13(18)12(14)2/h4-6H,3,7-11H2,1-2H3,(H3,19,20,21,22,23). The smallest absolute Gasteiger partial charge is 0.232 e. The molecule has 8 heteroatoms. The van der Waals surface area contributed by atoms with Gasteiger partial charge in [-0.1, -0.05) is 24.6 Å². The molecule has 1 fully saturated rings. The highest BCUT2D eigenvalue weighted by Crippen LogP contribution is 2.25. The van der Waals surface area contributed by atoms with Crippen molar-refractivity contribution in [1.29, 1.82) is 0 Å². The van der Waals surface area contributed by atoms with Gasteiger partial charge in [0.05, 0.1) is 6.54 Å². The quantitative estimate of drug-likeness (QED) is 0.845. The van der Waals surface area contributed by atoms with Gasteiger partial charge in [0.15, 0.2) is 0 Å². The number of rotatable bonds is 5. The molecule has 1 aliphatic rings. The number of nitrogens with zero attached hydrogens (tertiary/aromatic N) is 5. The Morgan fingerprint density at radius 3 is 2.56 bits per heavy atom. The van der Waals surface area contributed by atoms with Gasteiger partial charge in [0.2, 0.25) is 11.9 Å². The first-order chi connectivity index (χ1) is 12.0. The molecule has 0 bridgehead atoms. The Morgan fingerprint density at radius 1 is 1.12 bits per heavy atom. The number of anilines is 3. The summed E-state index contributed by atoms with van der Waals surface area (Å²) < 4.78 is 0. The normalized spacial score (nSPS) is 16.1. The predicted octanol–water partition coefficient (Wildman–Crippen LogP) is 2.30. The monoisotopic (exact) mass is 361 g/mol. The molecule has 0 saturated carbocycles. The lowest BCUT2D eigenvalue weighted by Crippen LogP contribution is -2.45. The molecule has 3 rings (SSSR count).